The maximum Gasteiger partial charge on any atom is 0.306 e. The first kappa shape index (κ1) is 57.1. The molecule has 13 heteroatoms. The van der Waals surface area contributed by atoms with Gasteiger partial charge in [0.1, 0.15) is 36.8 Å². The smallest absolute Gasteiger partial charge is 0.306 e. The fourth-order valence-electron chi connectivity index (χ4n) is 6.58. The SMILES string of the molecule is CCCC/C=C/CCCCCCCCCCCC(=O)OC[C@H](CO[C@H]1O[C@H](CS(=O)(=O)O)[C@@H](O)C(O)C1O)OC(=O)CC/C=C/C/C=C/C/C=C/C/C=C/C/C=C/CCCCC. The van der Waals surface area contributed by atoms with Gasteiger partial charge in [-0.15, -0.1) is 0 Å². The van der Waals surface area contributed by atoms with Crippen molar-refractivity contribution < 1.29 is 56.8 Å². The molecule has 0 amide bonds. The molecule has 6 atom stereocenters. The first-order valence-electron chi connectivity index (χ1n) is 23.5. The number of aliphatic hydroxyl groups excluding tert-OH is 3. The molecule has 1 aliphatic heterocycles. The normalized spacial score (nSPS) is 20.5. The third-order valence-corrected chi connectivity index (χ3v) is 11.0. The number of aliphatic hydroxyl groups is 3. The van der Waals surface area contributed by atoms with Crippen LogP contribution in [-0.4, -0.2) is 96.0 Å². The van der Waals surface area contributed by atoms with E-state index in [4.69, 9.17) is 18.9 Å². The topological polar surface area (TPSA) is 186 Å². The maximum absolute atomic E-state index is 12.8. The van der Waals surface area contributed by atoms with Crippen LogP contribution in [0.4, 0.5) is 0 Å². The summed E-state index contributed by atoms with van der Waals surface area (Å²) in [7, 11) is -4.62. The third kappa shape index (κ3) is 32.7. The van der Waals surface area contributed by atoms with E-state index in [1.54, 1.807) is 0 Å². The van der Waals surface area contributed by atoms with Crippen molar-refractivity contribution in [1.82, 2.24) is 0 Å². The number of carbonyl (C=O) groups is 2. The van der Waals surface area contributed by atoms with E-state index >= 15 is 0 Å². The standard InChI is InChI=1S/C49H82O12S/c1-3-5-7-9-11-13-15-17-19-20-21-22-24-26-28-30-32-34-36-38-45(51)60-42(40-59-49-48(54)47(53)46(52)43(61-49)41-62(55,56)57)39-58-44(50)37-35-33-31-29-27-25-23-18-16-14-12-10-8-6-4-2/h10-13,17,19,21-22,26,28,32,34,42-43,46-49,52-54H,3-9,14-16,18,20,23-25,27,29-31,33,35-41H2,1-2H3,(H,55,56,57)/b12-10+,13-11+,19-17+,22-21+,28-26+,34-32+/t42-,43-,46-,47?,48?,49+/m1/s1. The highest BCUT2D eigenvalue weighted by atomic mass is 32.2. The van der Waals surface area contributed by atoms with E-state index in [0.717, 1.165) is 51.4 Å². The summed E-state index contributed by atoms with van der Waals surface area (Å²) in [6.07, 6.45) is 39.5. The van der Waals surface area contributed by atoms with Crippen LogP contribution in [0.1, 0.15) is 168 Å². The first-order chi connectivity index (χ1) is 30.0. The van der Waals surface area contributed by atoms with E-state index < -0.39 is 71.2 Å². The molecule has 0 aromatic carbocycles. The number of hydrogen-bond acceptors (Lipinski definition) is 11. The Bertz CT molecular complexity index is 1420. The zero-order valence-electron chi connectivity index (χ0n) is 37.9. The van der Waals surface area contributed by atoms with E-state index in [9.17, 15) is 37.9 Å². The van der Waals surface area contributed by atoms with Crippen molar-refractivity contribution in [3.63, 3.8) is 0 Å². The second-order valence-corrected chi connectivity index (χ2v) is 17.6. The fourth-order valence-corrected chi connectivity index (χ4v) is 7.27. The Kier molecular flexibility index (Phi) is 35.5. The van der Waals surface area contributed by atoms with Crippen LogP contribution in [0.15, 0.2) is 72.9 Å². The predicted octanol–water partition coefficient (Wildman–Crippen LogP) is 9.89. The highest BCUT2D eigenvalue weighted by Gasteiger charge is 2.46. The Morgan fingerprint density at radius 3 is 1.56 bits per heavy atom. The molecule has 0 bridgehead atoms. The van der Waals surface area contributed by atoms with Crippen molar-refractivity contribution in [2.75, 3.05) is 19.0 Å². The van der Waals surface area contributed by atoms with Gasteiger partial charge in [0.15, 0.2) is 12.4 Å². The minimum Gasteiger partial charge on any atom is -0.462 e. The summed E-state index contributed by atoms with van der Waals surface area (Å²) >= 11 is 0. The van der Waals surface area contributed by atoms with Crippen molar-refractivity contribution >= 4 is 22.1 Å². The summed E-state index contributed by atoms with van der Waals surface area (Å²) in [6, 6.07) is 0. The van der Waals surface area contributed by atoms with E-state index in [0.29, 0.717) is 19.3 Å². The van der Waals surface area contributed by atoms with Gasteiger partial charge in [0.25, 0.3) is 10.1 Å². The van der Waals surface area contributed by atoms with Crippen molar-refractivity contribution in [3.05, 3.63) is 72.9 Å². The summed E-state index contributed by atoms with van der Waals surface area (Å²) in [4.78, 5) is 25.4. The lowest BCUT2D eigenvalue weighted by atomic mass is 10.00. The van der Waals surface area contributed by atoms with E-state index in [-0.39, 0.29) is 19.4 Å². The van der Waals surface area contributed by atoms with Crippen LogP contribution in [-0.2, 0) is 38.7 Å². The molecule has 1 rings (SSSR count). The Labute approximate surface area is 374 Å². The summed E-state index contributed by atoms with van der Waals surface area (Å²) in [5, 5.41) is 30.9. The maximum atomic E-state index is 12.8. The summed E-state index contributed by atoms with van der Waals surface area (Å²) in [5.41, 5.74) is 0. The molecule has 62 heavy (non-hydrogen) atoms. The second-order valence-electron chi connectivity index (χ2n) is 16.1. The Morgan fingerprint density at radius 1 is 0.548 bits per heavy atom. The lowest BCUT2D eigenvalue weighted by molar-refractivity contribution is -0.297. The van der Waals surface area contributed by atoms with Gasteiger partial charge in [0.05, 0.1) is 6.61 Å². The van der Waals surface area contributed by atoms with Gasteiger partial charge < -0.3 is 34.3 Å². The van der Waals surface area contributed by atoms with Crippen LogP contribution in [0.2, 0.25) is 0 Å². The average molecular weight is 895 g/mol. The summed E-state index contributed by atoms with van der Waals surface area (Å²) in [5.74, 6) is -2.10. The molecule has 0 saturated carbocycles. The van der Waals surface area contributed by atoms with Gasteiger partial charge in [-0.1, -0.05) is 157 Å². The van der Waals surface area contributed by atoms with E-state index in [2.05, 4.69) is 74.6 Å². The average Bonchev–Trinajstić information content (AvgIpc) is 3.24. The van der Waals surface area contributed by atoms with Gasteiger partial charge in [0.2, 0.25) is 0 Å². The van der Waals surface area contributed by atoms with Gasteiger partial charge in [-0.05, 0) is 70.6 Å². The lowest BCUT2D eigenvalue weighted by Crippen LogP contribution is -2.60. The highest BCUT2D eigenvalue weighted by molar-refractivity contribution is 7.85. The minimum absolute atomic E-state index is 0.0376. The molecule has 1 aliphatic rings. The molecule has 0 aliphatic carbocycles. The Hall–Kier alpha value is -2.91. The minimum atomic E-state index is -4.62. The molecule has 4 N–H and O–H groups in total. The van der Waals surface area contributed by atoms with Crippen LogP contribution in [0.3, 0.4) is 0 Å². The molecule has 0 aromatic rings. The third-order valence-electron chi connectivity index (χ3n) is 10.3. The number of rotatable bonds is 38. The second kappa shape index (κ2) is 38.5. The number of esters is 2. The number of carbonyl (C=O) groups excluding carboxylic acids is 2. The van der Waals surface area contributed by atoms with Gasteiger partial charge in [-0.3, -0.25) is 14.1 Å². The van der Waals surface area contributed by atoms with Gasteiger partial charge >= 0.3 is 11.9 Å². The molecule has 1 heterocycles. The molecule has 0 aromatic heterocycles. The van der Waals surface area contributed by atoms with Crippen LogP contribution in [0, 0.1) is 0 Å². The van der Waals surface area contributed by atoms with Crippen LogP contribution >= 0.6 is 0 Å². The lowest BCUT2D eigenvalue weighted by Gasteiger charge is -2.40. The zero-order chi connectivity index (χ0) is 45.5. The van der Waals surface area contributed by atoms with E-state index in [1.807, 2.05) is 12.2 Å². The Morgan fingerprint density at radius 2 is 1.02 bits per heavy atom. The molecule has 1 fully saturated rings. The largest absolute Gasteiger partial charge is 0.462 e. The number of unbranched alkanes of at least 4 members (excludes halogenated alkanes) is 14. The zero-order valence-corrected chi connectivity index (χ0v) is 38.8. The van der Waals surface area contributed by atoms with Gasteiger partial charge in [-0.25, -0.2) is 0 Å². The number of ether oxygens (including phenoxy) is 4. The highest BCUT2D eigenvalue weighted by Crippen LogP contribution is 2.24. The van der Waals surface area contributed by atoms with Crippen LogP contribution in [0.25, 0.3) is 0 Å². The monoisotopic (exact) mass is 895 g/mol. The molecule has 1 saturated heterocycles. The Balaban J connectivity index is 2.50. The van der Waals surface area contributed by atoms with Crippen LogP contribution < -0.4 is 0 Å². The van der Waals surface area contributed by atoms with Crippen molar-refractivity contribution in [2.24, 2.45) is 0 Å². The number of hydrogen-bond donors (Lipinski definition) is 4. The van der Waals surface area contributed by atoms with Gasteiger partial charge in [-0.2, -0.15) is 8.42 Å². The first-order valence-corrected chi connectivity index (χ1v) is 25.1. The van der Waals surface area contributed by atoms with E-state index in [1.165, 1.54) is 70.6 Å². The molecular weight excluding hydrogens is 813 g/mol. The van der Waals surface area contributed by atoms with Crippen molar-refractivity contribution in [3.8, 4) is 0 Å². The molecule has 0 radical (unpaired) electrons. The summed E-state index contributed by atoms with van der Waals surface area (Å²) < 4.78 is 54.0. The quantitative estimate of drug-likeness (QED) is 0.0199. The molecule has 356 valence electrons. The van der Waals surface area contributed by atoms with Crippen LogP contribution in [0.5, 0.6) is 0 Å². The molecule has 2 unspecified atom stereocenters. The summed E-state index contributed by atoms with van der Waals surface area (Å²) in [6.45, 7) is 3.63. The molecule has 0 spiro atoms. The van der Waals surface area contributed by atoms with Crippen molar-refractivity contribution in [2.45, 2.75) is 205 Å². The predicted molar refractivity (Wildman–Crippen MR) is 247 cm³/mol. The molecule has 12 nitrogen and oxygen atoms in total. The van der Waals surface area contributed by atoms with Gasteiger partial charge in [0, 0.05) is 12.8 Å². The van der Waals surface area contributed by atoms with Crippen molar-refractivity contribution in [1.29, 1.82) is 0 Å². The molecular formula is C49H82O12S. The fraction of sp³-hybridized carbons (Fsp3) is 0.714. The number of allylic oxidation sites excluding steroid dienone is 12.